The molecule has 32 heavy (non-hydrogen) atoms. The highest BCUT2D eigenvalue weighted by molar-refractivity contribution is 6.12. The SMILES string of the molecule is C=CC[C@@H]1Cc2c(c3ccc(C)cc3c3cc(C)c(OC)cc23)CN1C(=O)OC(C)(C)C. The van der Waals surface area contributed by atoms with Gasteiger partial charge in [-0.1, -0.05) is 29.8 Å². The molecule has 0 aliphatic carbocycles. The number of nitrogens with zero attached hydrogens (tertiary/aromatic N) is 1. The molecule has 4 rings (SSSR count). The van der Waals surface area contributed by atoms with E-state index in [2.05, 4.69) is 50.8 Å². The summed E-state index contributed by atoms with van der Waals surface area (Å²) in [5, 5.41) is 4.87. The standard InChI is InChI=1S/C28H33NO3/c1-8-9-19-14-23-24-15-26(31-7)18(3)13-22(24)21-12-17(2)10-11-20(21)25(23)16-29(19)27(30)32-28(4,5)6/h8,10-13,15,19H,1,9,14,16H2,2-7H3/t19-/m1/s1. The van der Waals surface area contributed by atoms with Gasteiger partial charge in [0.15, 0.2) is 0 Å². The lowest BCUT2D eigenvalue weighted by atomic mass is 9.83. The number of benzene rings is 3. The lowest BCUT2D eigenvalue weighted by molar-refractivity contribution is 0.0124. The number of aryl methyl sites for hydroxylation is 2. The fourth-order valence-electron chi connectivity index (χ4n) is 4.85. The molecule has 1 atom stereocenters. The lowest BCUT2D eigenvalue weighted by Gasteiger charge is -2.38. The number of ether oxygens (including phenoxy) is 2. The van der Waals surface area contributed by atoms with Crippen LogP contribution in [0.2, 0.25) is 0 Å². The largest absolute Gasteiger partial charge is 0.496 e. The van der Waals surface area contributed by atoms with Crippen LogP contribution in [0.1, 0.15) is 49.4 Å². The summed E-state index contributed by atoms with van der Waals surface area (Å²) in [6.07, 6.45) is 3.10. The number of fused-ring (bicyclic) bond motifs is 6. The van der Waals surface area contributed by atoms with Crippen LogP contribution in [0.4, 0.5) is 4.79 Å². The van der Waals surface area contributed by atoms with Crippen molar-refractivity contribution in [3.05, 3.63) is 65.2 Å². The van der Waals surface area contributed by atoms with Gasteiger partial charge in [0, 0.05) is 6.04 Å². The monoisotopic (exact) mass is 431 g/mol. The van der Waals surface area contributed by atoms with Crippen molar-refractivity contribution in [3.63, 3.8) is 0 Å². The summed E-state index contributed by atoms with van der Waals surface area (Å²) in [6.45, 7) is 14.4. The van der Waals surface area contributed by atoms with Gasteiger partial charge in [0.2, 0.25) is 0 Å². The van der Waals surface area contributed by atoms with E-state index in [9.17, 15) is 4.79 Å². The molecule has 0 saturated carbocycles. The van der Waals surface area contributed by atoms with Crippen LogP contribution in [0.25, 0.3) is 21.5 Å². The van der Waals surface area contributed by atoms with Crippen LogP contribution in [0.3, 0.4) is 0 Å². The first-order valence-corrected chi connectivity index (χ1v) is 11.3. The quantitative estimate of drug-likeness (QED) is 0.336. The van der Waals surface area contributed by atoms with Crippen LogP contribution < -0.4 is 4.74 Å². The van der Waals surface area contributed by atoms with Crippen molar-refractivity contribution in [2.45, 2.75) is 65.6 Å². The van der Waals surface area contributed by atoms with Gasteiger partial charge in [-0.3, -0.25) is 0 Å². The van der Waals surface area contributed by atoms with E-state index >= 15 is 0 Å². The molecule has 1 heterocycles. The summed E-state index contributed by atoms with van der Waals surface area (Å²) in [7, 11) is 1.72. The highest BCUT2D eigenvalue weighted by atomic mass is 16.6. The van der Waals surface area contributed by atoms with Gasteiger partial charge in [-0.25, -0.2) is 4.79 Å². The number of rotatable bonds is 3. The average molecular weight is 432 g/mol. The van der Waals surface area contributed by atoms with Gasteiger partial charge in [0.05, 0.1) is 13.7 Å². The maximum Gasteiger partial charge on any atom is 0.410 e. The number of carbonyl (C=O) groups is 1. The van der Waals surface area contributed by atoms with Gasteiger partial charge in [0.1, 0.15) is 11.4 Å². The number of hydrogen-bond donors (Lipinski definition) is 0. The van der Waals surface area contributed by atoms with E-state index in [0.717, 1.165) is 24.2 Å². The van der Waals surface area contributed by atoms with E-state index in [1.807, 2.05) is 31.7 Å². The molecule has 0 radical (unpaired) electrons. The Morgan fingerprint density at radius 1 is 1.09 bits per heavy atom. The Balaban J connectivity index is 1.98. The minimum Gasteiger partial charge on any atom is -0.496 e. The van der Waals surface area contributed by atoms with Crippen LogP contribution in [0, 0.1) is 13.8 Å². The normalized spacial score (nSPS) is 16.2. The molecule has 0 fully saturated rings. The molecule has 1 amide bonds. The van der Waals surface area contributed by atoms with Crippen LogP contribution in [-0.4, -0.2) is 29.7 Å². The molecule has 4 heteroatoms. The predicted octanol–water partition coefficient (Wildman–Crippen LogP) is 6.86. The summed E-state index contributed by atoms with van der Waals surface area (Å²) in [5.41, 5.74) is 4.29. The molecule has 0 aromatic heterocycles. The zero-order chi connectivity index (χ0) is 23.2. The minimum atomic E-state index is -0.538. The molecular formula is C28H33NO3. The zero-order valence-electron chi connectivity index (χ0n) is 20.0. The molecule has 1 aliphatic heterocycles. The highest BCUT2D eigenvalue weighted by Gasteiger charge is 2.34. The summed E-state index contributed by atoms with van der Waals surface area (Å²) in [5.74, 6) is 0.890. The molecule has 3 aromatic rings. The van der Waals surface area contributed by atoms with Crippen molar-refractivity contribution >= 4 is 27.6 Å². The van der Waals surface area contributed by atoms with Crippen molar-refractivity contribution < 1.29 is 14.3 Å². The Kier molecular flexibility index (Phi) is 5.66. The van der Waals surface area contributed by atoms with Gasteiger partial charge in [0.25, 0.3) is 0 Å². The third-order valence-electron chi connectivity index (χ3n) is 6.29. The Bertz CT molecular complexity index is 1220. The second-order valence-electron chi connectivity index (χ2n) is 9.86. The first-order chi connectivity index (χ1) is 15.1. The molecule has 0 bridgehead atoms. The van der Waals surface area contributed by atoms with Crippen LogP contribution in [-0.2, 0) is 17.7 Å². The first-order valence-electron chi connectivity index (χ1n) is 11.3. The number of methoxy groups -OCH3 is 1. The van der Waals surface area contributed by atoms with Crippen LogP contribution >= 0.6 is 0 Å². The van der Waals surface area contributed by atoms with Crippen molar-refractivity contribution in [1.82, 2.24) is 4.90 Å². The first kappa shape index (κ1) is 22.2. The van der Waals surface area contributed by atoms with Crippen molar-refractivity contribution in [3.8, 4) is 5.75 Å². The maximum absolute atomic E-state index is 13.2. The van der Waals surface area contributed by atoms with Gasteiger partial charge in [-0.05, 0) is 97.8 Å². The summed E-state index contributed by atoms with van der Waals surface area (Å²) < 4.78 is 11.4. The van der Waals surface area contributed by atoms with Crippen LogP contribution in [0.15, 0.2) is 43.0 Å². The third kappa shape index (κ3) is 3.94. The van der Waals surface area contributed by atoms with Gasteiger partial charge in [-0.15, -0.1) is 6.58 Å². The Labute approximate surface area is 190 Å². The number of carbonyl (C=O) groups excluding carboxylic acids is 1. The molecule has 3 aromatic carbocycles. The Hall–Kier alpha value is -3.01. The fraction of sp³-hybridized carbons (Fsp3) is 0.393. The molecule has 0 unspecified atom stereocenters. The predicted molar refractivity (Wildman–Crippen MR) is 132 cm³/mol. The van der Waals surface area contributed by atoms with Crippen molar-refractivity contribution in [1.29, 1.82) is 0 Å². The Morgan fingerprint density at radius 3 is 2.47 bits per heavy atom. The highest BCUT2D eigenvalue weighted by Crippen LogP contribution is 2.41. The fourth-order valence-corrected chi connectivity index (χ4v) is 4.85. The smallest absolute Gasteiger partial charge is 0.410 e. The number of amides is 1. The molecule has 0 spiro atoms. The van der Waals surface area contributed by atoms with Gasteiger partial charge >= 0.3 is 6.09 Å². The van der Waals surface area contributed by atoms with E-state index in [1.165, 1.54) is 38.2 Å². The van der Waals surface area contributed by atoms with Crippen molar-refractivity contribution in [2.75, 3.05) is 7.11 Å². The third-order valence-corrected chi connectivity index (χ3v) is 6.29. The Morgan fingerprint density at radius 2 is 1.81 bits per heavy atom. The zero-order valence-corrected chi connectivity index (χ0v) is 20.0. The maximum atomic E-state index is 13.2. The van der Waals surface area contributed by atoms with E-state index in [1.54, 1.807) is 7.11 Å². The molecular weight excluding hydrogens is 398 g/mol. The van der Waals surface area contributed by atoms with E-state index in [-0.39, 0.29) is 12.1 Å². The lowest BCUT2D eigenvalue weighted by Crippen LogP contribution is -2.46. The molecule has 0 N–H and O–H groups in total. The summed E-state index contributed by atoms with van der Waals surface area (Å²) in [4.78, 5) is 15.0. The number of hydrogen-bond acceptors (Lipinski definition) is 3. The topological polar surface area (TPSA) is 38.8 Å². The van der Waals surface area contributed by atoms with Crippen molar-refractivity contribution in [2.24, 2.45) is 0 Å². The van der Waals surface area contributed by atoms with Crippen LogP contribution in [0.5, 0.6) is 5.75 Å². The average Bonchev–Trinajstić information content (AvgIpc) is 2.72. The van der Waals surface area contributed by atoms with E-state index < -0.39 is 5.60 Å². The molecule has 168 valence electrons. The second kappa shape index (κ2) is 8.16. The summed E-state index contributed by atoms with van der Waals surface area (Å²) >= 11 is 0. The molecule has 1 aliphatic rings. The minimum absolute atomic E-state index is 0.00764. The van der Waals surface area contributed by atoms with Gasteiger partial charge in [-0.2, -0.15) is 0 Å². The molecule has 0 saturated heterocycles. The second-order valence-corrected chi connectivity index (χ2v) is 9.86. The van der Waals surface area contributed by atoms with E-state index in [0.29, 0.717) is 6.54 Å². The molecule has 4 nitrogen and oxygen atoms in total. The van der Waals surface area contributed by atoms with Gasteiger partial charge < -0.3 is 14.4 Å². The van der Waals surface area contributed by atoms with E-state index in [4.69, 9.17) is 9.47 Å². The summed E-state index contributed by atoms with van der Waals surface area (Å²) in [6, 6.07) is 11.0.